The molecule has 0 saturated heterocycles. The van der Waals surface area contributed by atoms with Gasteiger partial charge in [-0.25, -0.2) is 0 Å². The summed E-state index contributed by atoms with van der Waals surface area (Å²) in [5, 5.41) is 12.6. The molecule has 2 rings (SSSR count). The lowest BCUT2D eigenvalue weighted by atomic mass is 9.95. The molecule has 1 aliphatic carbocycles. The highest BCUT2D eigenvalue weighted by molar-refractivity contribution is 14.1. The van der Waals surface area contributed by atoms with Gasteiger partial charge in [0.2, 0.25) is 0 Å². The Bertz CT molecular complexity index is 445. The number of phenols is 1. The first kappa shape index (κ1) is 14.1. The maximum atomic E-state index is 12.0. The number of nitrogens with one attached hydrogen (secondary N) is 1. The Kier molecular flexibility index (Phi) is 4.89. The molecular formula is C13H15BrINO2. The Morgan fingerprint density at radius 1 is 1.33 bits per heavy atom. The van der Waals surface area contributed by atoms with E-state index in [0.717, 1.165) is 29.3 Å². The molecule has 2 N–H and O–H groups in total. The normalized spacial score (nSPS) is 23.7. The lowest BCUT2D eigenvalue weighted by Crippen LogP contribution is -2.37. The molecule has 98 valence electrons. The number of hydrogen-bond donors (Lipinski definition) is 2. The summed E-state index contributed by atoms with van der Waals surface area (Å²) in [6.45, 7) is 0. The molecule has 1 fully saturated rings. The molecule has 0 aliphatic heterocycles. The highest BCUT2D eigenvalue weighted by atomic mass is 127. The van der Waals surface area contributed by atoms with E-state index in [1.807, 2.05) is 22.6 Å². The number of alkyl halides is 1. The van der Waals surface area contributed by atoms with Gasteiger partial charge >= 0.3 is 0 Å². The predicted octanol–water partition coefficient (Wildman–Crippen LogP) is 3.43. The van der Waals surface area contributed by atoms with Gasteiger partial charge in [-0.15, -0.1) is 0 Å². The van der Waals surface area contributed by atoms with Crippen LogP contribution >= 0.6 is 38.5 Å². The Labute approximate surface area is 129 Å². The summed E-state index contributed by atoms with van der Waals surface area (Å²) in [5.74, 6) is 0.0622. The molecule has 0 aromatic heterocycles. The van der Waals surface area contributed by atoms with Gasteiger partial charge < -0.3 is 10.4 Å². The average molecular weight is 424 g/mol. The molecule has 0 bridgehead atoms. The third kappa shape index (κ3) is 3.60. The van der Waals surface area contributed by atoms with E-state index < -0.39 is 0 Å². The van der Waals surface area contributed by atoms with Crippen LogP contribution in [0.3, 0.4) is 0 Å². The number of carbonyl (C=O) groups is 1. The summed E-state index contributed by atoms with van der Waals surface area (Å²) in [6.07, 6.45) is 4.22. The molecule has 1 aliphatic rings. The van der Waals surface area contributed by atoms with Crippen molar-refractivity contribution in [2.45, 2.75) is 36.6 Å². The number of halogens is 2. The molecule has 1 aromatic carbocycles. The Hall–Kier alpha value is -0.300. The summed E-state index contributed by atoms with van der Waals surface area (Å²) in [6, 6.07) is 5.27. The maximum Gasteiger partial charge on any atom is 0.251 e. The topological polar surface area (TPSA) is 49.3 Å². The minimum absolute atomic E-state index is 0.0975. The summed E-state index contributed by atoms with van der Waals surface area (Å²) < 4.78 is 0.754. The monoisotopic (exact) mass is 423 g/mol. The van der Waals surface area contributed by atoms with Crippen molar-refractivity contribution in [3.05, 3.63) is 27.3 Å². The highest BCUT2D eigenvalue weighted by Gasteiger charge is 2.21. The van der Waals surface area contributed by atoms with E-state index in [1.54, 1.807) is 12.1 Å². The van der Waals surface area contributed by atoms with Crippen LogP contribution < -0.4 is 5.32 Å². The van der Waals surface area contributed by atoms with Crippen LogP contribution in [0.4, 0.5) is 0 Å². The zero-order valence-electron chi connectivity index (χ0n) is 9.83. The molecule has 1 saturated carbocycles. The number of carbonyl (C=O) groups excluding carboxylic acids is 1. The van der Waals surface area contributed by atoms with Crippen LogP contribution in [-0.2, 0) is 0 Å². The molecule has 0 spiro atoms. The minimum atomic E-state index is -0.0975. The standard InChI is InChI=1S/C13H15BrINO2/c14-9-2-4-10(5-3-9)16-13(18)8-1-6-11(15)12(17)7-8/h1,6-7,9-10,17H,2-5H2,(H,16,18). The average Bonchev–Trinajstić information content (AvgIpc) is 2.35. The van der Waals surface area contributed by atoms with Crippen LogP contribution in [0.2, 0.25) is 0 Å². The molecule has 0 heterocycles. The van der Waals surface area contributed by atoms with Crippen molar-refractivity contribution in [2.75, 3.05) is 0 Å². The maximum absolute atomic E-state index is 12.0. The van der Waals surface area contributed by atoms with Crippen molar-refractivity contribution in [3.8, 4) is 5.75 Å². The van der Waals surface area contributed by atoms with Crippen molar-refractivity contribution in [1.82, 2.24) is 5.32 Å². The number of hydrogen-bond acceptors (Lipinski definition) is 2. The van der Waals surface area contributed by atoms with Crippen LogP contribution in [0.1, 0.15) is 36.0 Å². The lowest BCUT2D eigenvalue weighted by Gasteiger charge is -2.26. The second-order valence-electron chi connectivity index (χ2n) is 4.59. The van der Waals surface area contributed by atoms with E-state index in [2.05, 4.69) is 21.2 Å². The number of amides is 1. The van der Waals surface area contributed by atoms with Crippen molar-refractivity contribution in [3.63, 3.8) is 0 Å². The van der Waals surface area contributed by atoms with E-state index in [0.29, 0.717) is 10.4 Å². The van der Waals surface area contributed by atoms with Gasteiger partial charge in [0.1, 0.15) is 5.75 Å². The molecule has 0 unspecified atom stereocenters. The SMILES string of the molecule is O=C(NC1CCC(Br)CC1)c1ccc(I)c(O)c1. The summed E-state index contributed by atoms with van der Waals surface area (Å²) >= 11 is 5.63. The van der Waals surface area contributed by atoms with Crippen LogP contribution in [-0.4, -0.2) is 21.9 Å². The van der Waals surface area contributed by atoms with Crippen LogP contribution in [0.5, 0.6) is 5.75 Å². The first-order chi connectivity index (χ1) is 8.56. The molecule has 0 radical (unpaired) electrons. The molecule has 3 nitrogen and oxygen atoms in total. The smallest absolute Gasteiger partial charge is 0.251 e. The highest BCUT2D eigenvalue weighted by Crippen LogP contribution is 2.25. The molecule has 1 aromatic rings. The van der Waals surface area contributed by atoms with Crippen molar-refractivity contribution in [2.24, 2.45) is 0 Å². The van der Waals surface area contributed by atoms with Gasteiger partial charge in [0.25, 0.3) is 5.91 Å². The first-order valence-corrected chi connectivity index (χ1v) is 7.99. The van der Waals surface area contributed by atoms with Gasteiger partial charge in [0.05, 0.1) is 3.57 Å². The van der Waals surface area contributed by atoms with Crippen molar-refractivity contribution < 1.29 is 9.90 Å². The fourth-order valence-corrected chi connectivity index (χ4v) is 2.98. The predicted molar refractivity (Wildman–Crippen MR) is 83.3 cm³/mol. The Balaban J connectivity index is 1.97. The van der Waals surface area contributed by atoms with Crippen LogP contribution in [0.25, 0.3) is 0 Å². The van der Waals surface area contributed by atoms with Crippen LogP contribution in [0, 0.1) is 3.57 Å². The Morgan fingerprint density at radius 3 is 2.61 bits per heavy atom. The van der Waals surface area contributed by atoms with E-state index in [1.165, 1.54) is 6.07 Å². The van der Waals surface area contributed by atoms with Gasteiger partial charge in [-0.3, -0.25) is 4.79 Å². The van der Waals surface area contributed by atoms with Crippen LogP contribution in [0.15, 0.2) is 18.2 Å². The van der Waals surface area contributed by atoms with Gasteiger partial charge in [0.15, 0.2) is 0 Å². The second-order valence-corrected chi connectivity index (χ2v) is 7.05. The number of benzene rings is 1. The van der Waals surface area contributed by atoms with E-state index in [9.17, 15) is 9.90 Å². The molecule has 1 amide bonds. The fourth-order valence-electron chi connectivity index (χ4n) is 2.12. The number of rotatable bonds is 2. The zero-order chi connectivity index (χ0) is 13.1. The van der Waals surface area contributed by atoms with Crippen molar-refractivity contribution >= 4 is 44.4 Å². The third-order valence-electron chi connectivity index (χ3n) is 3.20. The van der Waals surface area contributed by atoms with Gasteiger partial charge in [0, 0.05) is 16.4 Å². The quantitative estimate of drug-likeness (QED) is 0.565. The number of phenolic OH excluding ortho intramolecular Hbond substituents is 1. The number of aromatic hydroxyl groups is 1. The molecular weight excluding hydrogens is 409 g/mol. The van der Waals surface area contributed by atoms with Crippen molar-refractivity contribution in [1.29, 1.82) is 0 Å². The third-order valence-corrected chi connectivity index (χ3v) is 5.03. The molecule has 5 heteroatoms. The van der Waals surface area contributed by atoms with Gasteiger partial charge in [-0.05, 0) is 66.5 Å². The van der Waals surface area contributed by atoms with E-state index in [-0.39, 0.29) is 17.7 Å². The van der Waals surface area contributed by atoms with E-state index >= 15 is 0 Å². The Morgan fingerprint density at radius 2 is 2.00 bits per heavy atom. The van der Waals surface area contributed by atoms with Gasteiger partial charge in [-0.1, -0.05) is 15.9 Å². The molecule has 18 heavy (non-hydrogen) atoms. The molecule has 0 atom stereocenters. The summed E-state index contributed by atoms with van der Waals surface area (Å²) in [4.78, 5) is 12.6. The zero-order valence-corrected chi connectivity index (χ0v) is 13.6. The first-order valence-electron chi connectivity index (χ1n) is 5.99. The summed E-state index contributed by atoms with van der Waals surface area (Å²) in [5.41, 5.74) is 0.522. The van der Waals surface area contributed by atoms with E-state index in [4.69, 9.17) is 0 Å². The lowest BCUT2D eigenvalue weighted by molar-refractivity contribution is 0.0928. The van der Waals surface area contributed by atoms with Gasteiger partial charge in [-0.2, -0.15) is 0 Å². The second kappa shape index (κ2) is 6.23. The fraction of sp³-hybridized carbons (Fsp3) is 0.462. The largest absolute Gasteiger partial charge is 0.507 e. The minimum Gasteiger partial charge on any atom is -0.507 e. The summed E-state index contributed by atoms with van der Waals surface area (Å²) in [7, 11) is 0.